The van der Waals surface area contributed by atoms with Crippen molar-refractivity contribution < 1.29 is 9.53 Å². The lowest BCUT2D eigenvalue weighted by Gasteiger charge is -2.39. The summed E-state index contributed by atoms with van der Waals surface area (Å²) in [7, 11) is 0. The molecule has 0 unspecified atom stereocenters. The first-order valence-corrected chi connectivity index (χ1v) is 12.0. The Balaban J connectivity index is 1.67. The summed E-state index contributed by atoms with van der Waals surface area (Å²) in [6.45, 7) is 4.93. The van der Waals surface area contributed by atoms with Crippen LogP contribution in [0, 0.1) is 0 Å². The summed E-state index contributed by atoms with van der Waals surface area (Å²) in [6.07, 6.45) is -0.273. The highest BCUT2D eigenvalue weighted by atomic mass is 16.6. The van der Waals surface area contributed by atoms with Gasteiger partial charge in [0.25, 0.3) is 0 Å². The first-order valence-electron chi connectivity index (χ1n) is 12.0. The van der Waals surface area contributed by atoms with Gasteiger partial charge in [0.15, 0.2) is 0 Å². The molecule has 5 rings (SSSR count). The first kappa shape index (κ1) is 22.7. The molecule has 1 amide bonds. The largest absolute Gasteiger partial charge is 0.447 e. The zero-order valence-electron chi connectivity index (χ0n) is 20.1. The quantitative estimate of drug-likeness (QED) is 0.306. The van der Waals surface area contributed by atoms with E-state index in [1.165, 1.54) is 0 Å². The Morgan fingerprint density at radius 1 is 0.743 bits per heavy atom. The van der Waals surface area contributed by atoms with Gasteiger partial charge in [-0.1, -0.05) is 109 Å². The van der Waals surface area contributed by atoms with Crippen LogP contribution in [0.1, 0.15) is 36.1 Å². The predicted octanol–water partition coefficient (Wildman–Crippen LogP) is 6.82. The van der Waals surface area contributed by atoms with Gasteiger partial charge in [-0.25, -0.2) is 4.79 Å². The number of nitrogens with zero attached hydrogens (tertiary/aromatic N) is 1. The van der Waals surface area contributed by atoms with Gasteiger partial charge < -0.3 is 10.1 Å². The number of benzene rings is 4. The highest BCUT2D eigenvalue weighted by Gasteiger charge is 2.41. The van der Waals surface area contributed by atoms with Crippen LogP contribution in [0.25, 0.3) is 0 Å². The smallest absolute Gasteiger partial charge is 0.410 e. The molecule has 0 aliphatic carbocycles. The van der Waals surface area contributed by atoms with Crippen molar-refractivity contribution in [3.8, 4) is 0 Å². The SMILES string of the molecule is CC1(C)COC(=O)N1Cc1ccccc1NC(c1ccccc1)(c1ccccc1)c1ccccc1. The average molecular weight is 463 g/mol. The molecule has 0 atom stereocenters. The van der Waals surface area contributed by atoms with Crippen molar-refractivity contribution in [3.63, 3.8) is 0 Å². The van der Waals surface area contributed by atoms with Crippen LogP contribution < -0.4 is 5.32 Å². The number of anilines is 1. The number of hydrogen-bond acceptors (Lipinski definition) is 3. The molecule has 0 bridgehead atoms. The van der Waals surface area contributed by atoms with Crippen molar-refractivity contribution in [1.29, 1.82) is 0 Å². The van der Waals surface area contributed by atoms with Crippen molar-refractivity contribution in [2.45, 2.75) is 31.5 Å². The zero-order chi connectivity index (χ0) is 24.3. The fourth-order valence-electron chi connectivity index (χ4n) is 4.85. The van der Waals surface area contributed by atoms with E-state index in [-0.39, 0.29) is 11.6 Å². The van der Waals surface area contributed by atoms with Crippen LogP contribution >= 0.6 is 0 Å². The van der Waals surface area contributed by atoms with E-state index in [9.17, 15) is 4.79 Å². The summed E-state index contributed by atoms with van der Waals surface area (Å²) in [5.41, 5.74) is 4.40. The monoisotopic (exact) mass is 462 g/mol. The van der Waals surface area contributed by atoms with E-state index in [0.717, 1.165) is 27.9 Å². The Labute approximate surface area is 207 Å². The lowest BCUT2D eigenvalue weighted by atomic mass is 9.76. The van der Waals surface area contributed by atoms with E-state index in [1.807, 2.05) is 49.1 Å². The molecule has 0 saturated carbocycles. The van der Waals surface area contributed by atoms with Crippen LogP contribution in [0.2, 0.25) is 0 Å². The van der Waals surface area contributed by atoms with Gasteiger partial charge >= 0.3 is 6.09 Å². The number of carbonyl (C=O) groups is 1. The van der Waals surface area contributed by atoms with E-state index in [0.29, 0.717) is 13.2 Å². The molecule has 4 aromatic carbocycles. The average Bonchev–Trinajstić information content (AvgIpc) is 3.16. The molecule has 4 heteroatoms. The van der Waals surface area contributed by atoms with Gasteiger partial charge in [-0.15, -0.1) is 0 Å². The molecule has 1 fully saturated rings. The van der Waals surface area contributed by atoms with Crippen LogP contribution in [0.15, 0.2) is 115 Å². The van der Waals surface area contributed by atoms with Crippen molar-refractivity contribution in [1.82, 2.24) is 4.90 Å². The maximum atomic E-state index is 12.5. The second-order valence-corrected chi connectivity index (χ2v) is 9.58. The molecule has 4 aromatic rings. The second-order valence-electron chi connectivity index (χ2n) is 9.58. The van der Waals surface area contributed by atoms with E-state index < -0.39 is 5.54 Å². The van der Waals surface area contributed by atoms with E-state index in [2.05, 4.69) is 90.2 Å². The molecule has 0 aromatic heterocycles. The van der Waals surface area contributed by atoms with Crippen LogP contribution in [0.5, 0.6) is 0 Å². The molecule has 176 valence electrons. The van der Waals surface area contributed by atoms with Gasteiger partial charge in [0.2, 0.25) is 0 Å². The number of nitrogens with one attached hydrogen (secondary N) is 1. The lowest BCUT2D eigenvalue weighted by molar-refractivity contribution is 0.152. The third-order valence-corrected chi connectivity index (χ3v) is 6.79. The number of para-hydroxylation sites is 1. The van der Waals surface area contributed by atoms with Gasteiger partial charge in [0.1, 0.15) is 12.1 Å². The van der Waals surface area contributed by atoms with Gasteiger partial charge in [-0.05, 0) is 42.2 Å². The molecule has 35 heavy (non-hydrogen) atoms. The zero-order valence-corrected chi connectivity index (χ0v) is 20.1. The highest BCUT2D eigenvalue weighted by molar-refractivity contribution is 5.72. The summed E-state index contributed by atoms with van der Waals surface area (Å²) in [4.78, 5) is 14.3. The van der Waals surface area contributed by atoms with Gasteiger partial charge in [0.05, 0.1) is 12.1 Å². The maximum absolute atomic E-state index is 12.5. The van der Waals surface area contributed by atoms with Crippen LogP contribution in [-0.4, -0.2) is 23.1 Å². The van der Waals surface area contributed by atoms with E-state index in [1.54, 1.807) is 0 Å². The third kappa shape index (κ3) is 4.28. The molecular weight excluding hydrogens is 432 g/mol. The number of ether oxygens (including phenoxy) is 1. The number of amides is 1. The number of carbonyl (C=O) groups excluding carboxylic acids is 1. The van der Waals surface area contributed by atoms with E-state index >= 15 is 0 Å². The number of rotatable bonds is 7. The molecule has 4 nitrogen and oxygen atoms in total. The van der Waals surface area contributed by atoms with Gasteiger partial charge in [-0.3, -0.25) is 4.90 Å². The topological polar surface area (TPSA) is 41.6 Å². The Kier molecular flexibility index (Phi) is 6.04. The minimum Gasteiger partial charge on any atom is -0.447 e. The van der Waals surface area contributed by atoms with Crippen molar-refractivity contribution in [2.75, 3.05) is 11.9 Å². The molecule has 1 aliphatic rings. The maximum Gasteiger partial charge on any atom is 0.410 e. The predicted molar refractivity (Wildman–Crippen MR) is 140 cm³/mol. The Morgan fingerprint density at radius 2 is 1.20 bits per heavy atom. The Bertz CT molecular complexity index is 1190. The minimum atomic E-state index is -0.638. The Morgan fingerprint density at radius 3 is 1.66 bits per heavy atom. The molecule has 1 heterocycles. The standard InChI is InChI=1S/C31H30N2O2/c1-30(2)23-35-29(34)33(30)22-24-14-12-13-21-28(24)32-31(25-15-6-3-7-16-25,26-17-8-4-9-18-26)27-19-10-5-11-20-27/h3-21,32H,22-23H2,1-2H3. The summed E-state index contributed by atoms with van der Waals surface area (Å²) >= 11 is 0. The second kappa shape index (κ2) is 9.30. The molecule has 0 radical (unpaired) electrons. The van der Waals surface area contributed by atoms with Gasteiger partial charge in [0, 0.05) is 5.69 Å². The number of cyclic esters (lactones) is 1. The fraction of sp³-hybridized carbons (Fsp3) is 0.194. The summed E-state index contributed by atoms with van der Waals surface area (Å²) < 4.78 is 5.37. The number of hydrogen-bond donors (Lipinski definition) is 1. The van der Waals surface area contributed by atoms with Crippen LogP contribution in [-0.2, 0) is 16.8 Å². The van der Waals surface area contributed by atoms with Crippen LogP contribution in [0.4, 0.5) is 10.5 Å². The molecule has 1 aliphatic heterocycles. The first-order chi connectivity index (χ1) is 17.0. The molecular formula is C31H30N2O2. The molecule has 0 spiro atoms. The summed E-state index contributed by atoms with van der Waals surface area (Å²) in [6, 6.07) is 39.8. The van der Waals surface area contributed by atoms with Crippen LogP contribution in [0.3, 0.4) is 0 Å². The minimum absolute atomic E-state index is 0.273. The normalized spacial score (nSPS) is 15.0. The highest BCUT2D eigenvalue weighted by Crippen LogP contribution is 2.41. The lowest BCUT2D eigenvalue weighted by Crippen LogP contribution is -2.42. The molecule has 1 saturated heterocycles. The summed E-state index contributed by atoms with van der Waals surface area (Å²) in [5.74, 6) is 0. The third-order valence-electron chi connectivity index (χ3n) is 6.79. The van der Waals surface area contributed by atoms with Crippen molar-refractivity contribution in [2.24, 2.45) is 0 Å². The van der Waals surface area contributed by atoms with E-state index in [4.69, 9.17) is 4.74 Å². The fourth-order valence-corrected chi connectivity index (χ4v) is 4.85. The van der Waals surface area contributed by atoms with Crippen molar-refractivity contribution >= 4 is 11.8 Å². The Hall–Kier alpha value is -4.05. The molecule has 1 N–H and O–H groups in total. The summed E-state index contributed by atoms with van der Waals surface area (Å²) in [5, 5.41) is 3.95. The van der Waals surface area contributed by atoms with Gasteiger partial charge in [-0.2, -0.15) is 0 Å². The van der Waals surface area contributed by atoms with Crippen molar-refractivity contribution in [3.05, 3.63) is 138 Å².